The van der Waals surface area contributed by atoms with Crippen LogP contribution in [0.2, 0.25) is 18.1 Å². The molecule has 150 valence electrons. The van der Waals surface area contributed by atoms with Gasteiger partial charge in [-0.15, -0.1) is 0 Å². The Labute approximate surface area is 156 Å². The van der Waals surface area contributed by atoms with Crippen molar-refractivity contribution in [3.05, 3.63) is 0 Å². The number of ketones is 1. The molecule has 2 aliphatic rings. The van der Waals surface area contributed by atoms with Gasteiger partial charge in [-0.25, -0.2) is 0 Å². The van der Waals surface area contributed by atoms with Crippen LogP contribution in [0.5, 0.6) is 0 Å². The van der Waals surface area contributed by atoms with Gasteiger partial charge < -0.3 is 23.4 Å². The molecule has 0 aromatic heterocycles. The van der Waals surface area contributed by atoms with Gasteiger partial charge in [-0.3, -0.25) is 9.59 Å². The molecule has 0 saturated carbocycles. The first-order valence-electron chi connectivity index (χ1n) is 9.04. The first-order valence-corrected chi connectivity index (χ1v) is 11.9. The molecule has 0 bridgehead atoms. The van der Waals surface area contributed by atoms with Crippen LogP contribution in [-0.2, 0) is 33.0 Å². The molecule has 7 nitrogen and oxygen atoms in total. The monoisotopic (exact) mass is 388 g/mol. The lowest BCUT2D eigenvalue weighted by atomic mass is 10.00. The molecule has 0 aromatic carbocycles. The minimum Gasteiger partial charge on any atom is -0.469 e. The van der Waals surface area contributed by atoms with Gasteiger partial charge in [-0.2, -0.15) is 0 Å². The number of fused-ring (bicyclic) bond motifs is 1. The number of hydrogen-bond acceptors (Lipinski definition) is 7. The van der Waals surface area contributed by atoms with E-state index in [-0.39, 0.29) is 36.4 Å². The third kappa shape index (κ3) is 4.04. The summed E-state index contributed by atoms with van der Waals surface area (Å²) in [6.07, 6.45) is -1.09. The van der Waals surface area contributed by atoms with Crippen LogP contribution < -0.4 is 0 Å². The van der Waals surface area contributed by atoms with Crippen molar-refractivity contribution < 1.29 is 33.0 Å². The molecule has 26 heavy (non-hydrogen) atoms. The van der Waals surface area contributed by atoms with E-state index in [1.807, 2.05) is 0 Å². The van der Waals surface area contributed by atoms with Crippen molar-refractivity contribution in [2.45, 2.75) is 89.4 Å². The zero-order valence-corrected chi connectivity index (χ0v) is 18.1. The van der Waals surface area contributed by atoms with E-state index in [2.05, 4.69) is 38.6 Å². The number of carbonyl (C=O) groups excluding carboxylic acids is 2. The van der Waals surface area contributed by atoms with Gasteiger partial charge in [0.15, 0.2) is 19.9 Å². The molecule has 0 spiro atoms. The summed E-state index contributed by atoms with van der Waals surface area (Å²) in [7, 11) is -1.07. The molecule has 0 aromatic rings. The number of esters is 1. The van der Waals surface area contributed by atoms with Gasteiger partial charge in [0.05, 0.1) is 20.1 Å². The van der Waals surface area contributed by atoms with E-state index in [1.165, 1.54) is 7.11 Å². The average molecular weight is 389 g/mol. The number of ether oxygens (including phenoxy) is 4. The zero-order valence-electron chi connectivity index (χ0n) is 17.1. The first kappa shape index (κ1) is 21.5. The fraction of sp³-hybridized carbons (Fsp3) is 0.889. The summed E-state index contributed by atoms with van der Waals surface area (Å²) in [4.78, 5) is 24.7. The van der Waals surface area contributed by atoms with Crippen LogP contribution in [0.4, 0.5) is 0 Å². The van der Waals surface area contributed by atoms with Crippen molar-refractivity contribution in [2.24, 2.45) is 0 Å². The SMILES string of the molecule is COC(=O)CCC(=O)[C@@]1(O[Si](C)(C)C(C)(C)C)OC[C@H]2OC(C)(C)O[C@H]21. The lowest BCUT2D eigenvalue weighted by molar-refractivity contribution is -0.243. The molecule has 3 atom stereocenters. The fourth-order valence-corrected chi connectivity index (χ4v) is 4.33. The molecular formula is C18H32O7Si. The molecular weight excluding hydrogens is 356 g/mol. The highest BCUT2D eigenvalue weighted by atomic mass is 28.4. The Balaban J connectivity index is 2.33. The van der Waals surface area contributed by atoms with E-state index >= 15 is 0 Å². The van der Waals surface area contributed by atoms with Gasteiger partial charge in [0.2, 0.25) is 5.79 Å². The topological polar surface area (TPSA) is 80.3 Å². The molecule has 2 saturated heterocycles. The third-order valence-corrected chi connectivity index (χ3v) is 9.83. The minimum atomic E-state index is -2.37. The summed E-state index contributed by atoms with van der Waals surface area (Å²) in [5.41, 5.74) is 0. The van der Waals surface area contributed by atoms with Crippen LogP contribution in [0.15, 0.2) is 0 Å². The standard InChI is InChI=1S/C18H32O7Si/c1-16(2,3)26(7,8)25-18(13(19)9-10-14(20)21-6)15-12(11-22-18)23-17(4,5)24-15/h12,15H,9-11H2,1-8H3/t12-,15-,18+/m1/s1. The van der Waals surface area contributed by atoms with Crippen molar-refractivity contribution in [1.82, 2.24) is 0 Å². The normalized spacial score (nSPS) is 30.9. The third-order valence-electron chi connectivity index (χ3n) is 5.41. The molecule has 0 radical (unpaired) electrons. The Morgan fingerprint density at radius 2 is 1.77 bits per heavy atom. The quantitative estimate of drug-likeness (QED) is 0.511. The van der Waals surface area contributed by atoms with Crippen molar-refractivity contribution >= 4 is 20.1 Å². The van der Waals surface area contributed by atoms with Crippen LogP contribution in [0.3, 0.4) is 0 Å². The van der Waals surface area contributed by atoms with Gasteiger partial charge in [0, 0.05) is 6.42 Å². The Morgan fingerprint density at radius 3 is 2.31 bits per heavy atom. The van der Waals surface area contributed by atoms with Crippen LogP contribution in [0.1, 0.15) is 47.5 Å². The summed E-state index contributed by atoms with van der Waals surface area (Å²) in [6.45, 7) is 14.2. The van der Waals surface area contributed by atoms with Crippen LogP contribution in [0.25, 0.3) is 0 Å². The number of carbonyl (C=O) groups is 2. The summed E-state index contributed by atoms with van der Waals surface area (Å²) in [5.74, 6) is -3.11. The second-order valence-electron chi connectivity index (χ2n) is 8.93. The lowest BCUT2D eigenvalue weighted by Gasteiger charge is -2.44. The predicted octanol–water partition coefficient (Wildman–Crippen LogP) is 2.78. The maximum Gasteiger partial charge on any atom is 0.305 e. The average Bonchev–Trinajstić information content (AvgIpc) is 2.97. The first-order chi connectivity index (χ1) is 11.7. The van der Waals surface area contributed by atoms with Crippen molar-refractivity contribution in [1.29, 1.82) is 0 Å². The molecule has 8 heteroatoms. The summed E-state index contributed by atoms with van der Waals surface area (Å²) in [6, 6.07) is 0. The maximum atomic E-state index is 13.2. The Morgan fingerprint density at radius 1 is 1.15 bits per heavy atom. The fourth-order valence-electron chi connectivity index (χ4n) is 2.98. The minimum absolute atomic E-state index is 0.0249. The Hall–Kier alpha value is -0.803. The van der Waals surface area contributed by atoms with E-state index in [0.29, 0.717) is 0 Å². The van der Waals surface area contributed by atoms with E-state index in [0.717, 1.165) is 0 Å². The molecule has 0 aliphatic carbocycles. The number of rotatable bonds is 6. The van der Waals surface area contributed by atoms with Gasteiger partial charge >= 0.3 is 5.97 Å². The highest BCUT2D eigenvalue weighted by Gasteiger charge is 2.65. The predicted molar refractivity (Wildman–Crippen MR) is 97.0 cm³/mol. The van der Waals surface area contributed by atoms with Crippen LogP contribution in [0, 0.1) is 0 Å². The van der Waals surface area contributed by atoms with Gasteiger partial charge in [-0.05, 0) is 32.0 Å². The highest BCUT2D eigenvalue weighted by Crippen LogP contribution is 2.47. The zero-order chi connectivity index (χ0) is 20.0. The molecule has 2 rings (SSSR count). The van der Waals surface area contributed by atoms with Gasteiger partial charge in [0.25, 0.3) is 0 Å². The summed E-state index contributed by atoms with van der Waals surface area (Å²) >= 11 is 0. The Kier molecular flexibility index (Phi) is 5.77. The van der Waals surface area contributed by atoms with E-state index in [9.17, 15) is 9.59 Å². The van der Waals surface area contributed by atoms with Crippen molar-refractivity contribution in [3.8, 4) is 0 Å². The molecule has 0 N–H and O–H groups in total. The smallest absolute Gasteiger partial charge is 0.305 e. The van der Waals surface area contributed by atoms with E-state index < -0.39 is 32.0 Å². The largest absolute Gasteiger partial charge is 0.469 e. The molecule has 0 amide bonds. The summed E-state index contributed by atoms with van der Waals surface area (Å²) in [5, 5.41) is -0.126. The molecule has 0 unspecified atom stereocenters. The van der Waals surface area contributed by atoms with Crippen LogP contribution >= 0.6 is 0 Å². The number of methoxy groups -OCH3 is 1. The molecule has 2 aliphatic heterocycles. The molecule has 2 heterocycles. The molecule has 2 fully saturated rings. The van der Waals surface area contributed by atoms with Gasteiger partial charge in [0.1, 0.15) is 12.2 Å². The summed E-state index contributed by atoms with van der Waals surface area (Å²) < 4.78 is 29.0. The van der Waals surface area contributed by atoms with Crippen LogP contribution in [-0.4, -0.2) is 57.6 Å². The van der Waals surface area contributed by atoms with Crippen molar-refractivity contribution in [3.63, 3.8) is 0 Å². The van der Waals surface area contributed by atoms with E-state index in [4.69, 9.17) is 18.6 Å². The van der Waals surface area contributed by atoms with Crippen molar-refractivity contribution in [2.75, 3.05) is 13.7 Å². The number of hydrogen-bond donors (Lipinski definition) is 0. The second kappa shape index (κ2) is 6.98. The van der Waals surface area contributed by atoms with Gasteiger partial charge in [-0.1, -0.05) is 20.8 Å². The number of Topliss-reactive ketones (excluding diaryl/α,β-unsaturated/α-hetero) is 1. The Bertz CT molecular complexity index is 566. The highest BCUT2D eigenvalue weighted by molar-refractivity contribution is 6.74. The maximum absolute atomic E-state index is 13.2. The van der Waals surface area contributed by atoms with E-state index in [1.54, 1.807) is 13.8 Å². The lowest BCUT2D eigenvalue weighted by Crippen LogP contribution is -2.59. The second-order valence-corrected chi connectivity index (χ2v) is 13.7.